The molecule has 1 aliphatic rings. The van der Waals surface area contributed by atoms with E-state index in [1.165, 1.54) is 31.5 Å². The van der Waals surface area contributed by atoms with Crippen LogP contribution in [0.4, 0.5) is 4.39 Å². The lowest BCUT2D eigenvalue weighted by molar-refractivity contribution is 0.0938. The van der Waals surface area contributed by atoms with Gasteiger partial charge in [0, 0.05) is 24.4 Å². The third kappa shape index (κ3) is 2.52. The highest BCUT2D eigenvalue weighted by Crippen LogP contribution is 2.25. The van der Waals surface area contributed by atoms with Crippen LogP contribution in [0, 0.1) is 11.9 Å². The van der Waals surface area contributed by atoms with Gasteiger partial charge < -0.3 is 5.32 Å². The average Bonchev–Trinajstić information content (AvgIpc) is 2.15. The standard InChI is InChI=1S/C11H13FN2O/c12-10-6-9(4-5-13-10)11(15)14-7-8-2-1-3-8/h4-6,8H,1-3,7H2,(H,14,15). The molecule has 1 aliphatic carbocycles. The lowest BCUT2D eigenvalue weighted by atomic mass is 9.85. The van der Waals surface area contributed by atoms with Gasteiger partial charge in [-0.05, 0) is 24.8 Å². The van der Waals surface area contributed by atoms with Crippen LogP contribution in [0.3, 0.4) is 0 Å². The predicted molar refractivity (Wildman–Crippen MR) is 53.9 cm³/mol. The second kappa shape index (κ2) is 4.38. The first-order valence-electron chi connectivity index (χ1n) is 5.15. The number of hydrogen-bond acceptors (Lipinski definition) is 2. The van der Waals surface area contributed by atoms with Crippen LogP contribution in [-0.2, 0) is 0 Å². The van der Waals surface area contributed by atoms with Gasteiger partial charge in [0.15, 0.2) is 0 Å². The first-order valence-corrected chi connectivity index (χ1v) is 5.15. The maximum absolute atomic E-state index is 12.7. The number of carbonyl (C=O) groups is 1. The first kappa shape index (κ1) is 10.1. The maximum Gasteiger partial charge on any atom is 0.251 e. The summed E-state index contributed by atoms with van der Waals surface area (Å²) in [6, 6.07) is 2.66. The highest BCUT2D eigenvalue weighted by atomic mass is 19.1. The lowest BCUT2D eigenvalue weighted by Crippen LogP contribution is -2.32. The van der Waals surface area contributed by atoms with Gasteiger partial charge in [0.2, 0.25) is 5.95 Å². The van der Waals surface area contributed by atoms with Crippen molar-refractivity contribution in [3.8, 4) is 0 Å². The van der Waals surface area contributed by atoms with Gasteiger partial charge in [-0.1, -0.05) is 6.42 Å². The summed E-state index contributed by atoms with van der Waals surface area (Å²) in [5.74, 6) is -0.227. The van der Waals surface area contributed by atoms with Crippen molar-refractivity contribution < 1.29 is 9.18 Å². The molecule has 0 aromatic carbocycles. The Morgan fingerprint density at radius 3 is 3.00 bits per heavy atom. The summed E-state index contributed by atoms with van der Waals surface area (Å²) in [5, 5.41) is 2.79. The Hall–Kier alpha value is -1.45. The average molecular weight is 208 g/mol. The monoisotopic (exact) mass is 208 g/mol. The Labute approximate surface area is 87.7 Å². The number of nitrogens with zero attached hydrogens (tertiary/aromatic N) is 1. The summed E-state index contributed by atoms with van der Waals surface area (Å²) in [5.41, 5.74) is 0.335. The number of nitrogens with one attached hydrogen (secondary N) is 1. The van der Waals surface area contributed by atoms with Crippen LogP contribution in [0.15, 0.2) is 18.3 Å². The third-order valence-electron chi connectivity index (χ3n) is 2.76. The molecule has 1 aromatic rings. The van der Waals surface area contributed by atoms with E-state index < -0.39 is 5.95 Å². The van der Waals surface area contributed by atoms with Crippen molar-refractivity contribution in [1.29, 1.82) is 0 Å². The van der Waals surface area contributed by atoms with Crippen molar-refractivity contribution in [1.82, 2.24) is 10.3 Å². The molecule has 1 N–H and O–H groups in total. The number of pyridine rings is 1. The SMILES string of the molecule is O=C(NCC1CCC1)c1ccnc(F)c1. The molecule has 1 fully saturated rings. The molecule has 4 heteroatoms. The minimum atomic E-state index is -0.619. The van der Waals surface area contributed by atoms with Crippen molar-refractivity contribution in [2.24, 2.45) is 5.92 Å². The van der Waals surface area contributed by atoms with E-state index >= 15 is 0 Å². The van der Waals surface area contributed by atoms with Crippen LogP contribution in [0.1, 0.15) is 29.6 Å². The number of halogens is 1. The fraction of sp³-hybridized carbons (Fsp3) is 0.455. The minimum Gasteiger partial charge on any atom is -0.352 e. The van der Waals surface area contributed by atoms with Crippen molar-refractivity contribution in [2.75, 3.05) is 6.54 Å². The molecule has 15 heavy (non-hydrogen) atoms. The molecule has 0 spiro atoms. The fourth-order valence-electron chi connectivity index (χ4n) is 1.58. The topological polar surface area (TPSA) is 42.0 Å². The van der Waals surface area contributed by atoms with E-state index in [-0.39, 0.29) is 5.91 Å². The molecule has 0 saturated heterocycles. The molecule has 0 atom stereocenters. The number of carbonyl (C=O) groups excluding carboxylic acids is 1. The normalized spacial score (nSPS) is 15.8. The second-order valence-corrected chi connectivity index (χ2v) is 3.87. The van der Waals surface area contributed by atoms with Gasteiger partial charge in [0.25, 0.3) is 5.91 Å². The molecule has 0 bridgehead atoms. The summed E-state index contributed by atoms with van der Waals surface area (Å²) < 4.78 is 12.7. The van der Waals surface area contributed by atoms with Gasteiger partial charge >= 0.3 is 0 Å². The minimum absolute atomic E-state index is 0.219. The fourth-order valence-corrected chi connectivity index (χ4v) is 1.58. The molecule has 1 heterocycles. The smallest absolute Gasteiger partial charge is 0.251 e. The van der Waals surface area contributed by atoms with Crippen molar-refractivity contribution in [3.63, 3.8) is 0 Å². The molecule has 1 saturated carbocycles. The number of rotatable bonds is 3. The molecular weight excluding hydrogens is 195 g/mol. The van der Waals surface area contributed by atoms with Crippen molar-refractivity contribution >= 4 is 5.91 Å². The molecule has 0 radical (unpaired) electrons. The predicted octanol–water partition coefficient (Wildman–Crippen LogP) is 1.75. The Morgan fingerprint density at radius 1 is 1.60 bits per heavy atom. The van der Waals surface area contributed by atoms with E-state index in [0.717, 1.165) is 6.07 Å². The lowest BCUT2D eigenvalue weighted by Gasteiger charge is -2.25. The van der Waals surface area contributed by atoms with Crippen LogP contribution in [-0.4, -0.2) is 17.4 Å². The van der Waals surface area contributed by atoms with Gasteiger partial charge in [-0.3, -0.25) is 4.79 Å². The zero-order valence-electron chi connectivity index (χ0n) is 8.37. The van der Waals surface area contributed by atoms with Gasteiger partial charge in [-0.15, -0.1) is 0 Å². The summed E-state index contributed by atoms with van der Waals surface area (Å²) in [6.45, 7) is 0.697. The van der Waals surface area contributed by atoms with Crippen molar-refractivity contribution in [3.05, 3.63) is 29.8 Å². The number of amides is 1. The molecule has 80 valence electrons. The largest absolute Gasteiger partial charge is 0.352 e. The molecule has 3 nitrogen and oxygen atoms in total. The summed E-state index contributed by atoms with van der Waals surface area (Å²) >= 11 is 0. The number of aromatic nitrogens is 1. The van der Waals surface area contributed by atoms with Gasteiger partial charge in [0.1, 0.15) is 0 Å². The number of hydrogen-bond donors (Lipinski definition) is 1. The Bertz CT molecular complexity index is 363. The van der Waals surface area contributed by atoms with E-state index in [1.54, 1.807) is 0 Å². The first-order chi connectivity index (χ1) is 7.25. The zero-order chi connectivity index (χ0) is 10.7. The molecule has 0 unspecified atom stereocenters. The van der Waals surface area contributed by atoms with Gasteiger partial charge in [0.05, 0.1) is 0 Å². The van der Waals surface area contributed by atoms with Crippen LogP contribution in [0.5, 0.6) is 0 Å². The van der Waals surface area contributed by atoms with E-state index in [0.29, 0.717) is 18.0 Å². The highest BCUT2D eigenvalue weighted by molar-refractivity contribution is 5.93. The summed E-state index contributed by atoms with van der Waals surface area (Å²) in [4.78, 5) is 14.9. The Morgan fingerprint density at radius 2 is 2.40 bits per heavy atom. The Balaban J connectivity index is 1.89. The highest BCUT2D eigenvalue weighted by Gasteiger charge is 2.18. The van der Waals surface area contributed by atoms with Gasteiger partial charge in [-0.2, -0.15) is 4.39 Å². The zero-order valence-corrected chi connectivity index (χ0v) is 8.37. The molecule has 0 aliphatic heterocycles. The van der Waals surface area contributed by atoms with E-state index in [1.807, 2.05) is 0 Å². The summed E-state index contributed by atoms with van der Waals surface area (Å²) in [7, 11) is 0. The van der Waals surface area contributed by atoms with Crippen LogP contribution >= 0.6 is 0 Å². The van der Waals surface area contributed by atoms with Crippen LogP contribution in [0.2, 0.25) is 0 Å². The van der Waals surface area contributed by atoms with E-state index in [2.05, 4.69) is 10.3 Å². The second-order valence-electron chi connectivity index (χ2n) is 3.87. The summed E-state index contributed by atoms with van der Waals surface area (Å²) in [6.07, 6.45) is 4.92. The third-order valence-corrected chi connectivity index (χ3v) is 2.76. The van der Waals surface area contributed by atoms with Gasteiger partial charge in [-0.25, -0.2) is 4.98 Å². The van der Waals surface area contributed by atoms with E-state index in [9.17, 15) is 9.18 Å². The van der Waals surface area contributed by atoms with Crippen LogP contribution in [0.25, 0.3) is 0 Å². The molecule has 1 aromatic heterocycles. The Kier molecular flexibility index (Phi) is 2.94. The molecule has 2 rings (SSSR count). The molecular formula is C11H13FN2O. The van der Waals surface area contributed by atoms with Crippen LogP contribution < -0.4 is 5.32 Å². The quantitative estimate of drug-likeness (QED) is 0.769. The van der Waals surface area contributed by atoms with Crippen molar-refractivity contribution in [2.45, 2.75) is 19.3 Å². The van der Waals surface area contributed by atoms with E-state index in [4.69, 9.17) is 0 Å². The maximum atomic E-state index is 12.7. The molecule has 1 amide bonds.